The van der Waals surface area contributed by atoms with Crippen LogP contribution >= 0.6 is 0 Å². The van der Waals surface area contributed by atoms with E-state index in [0.717, 1.165) is 32.1 Å². The lowest BCUT2D eigenvalue weighted by atomic mass is 9.78. The van der Waals surface area contributed by atoms with Crippen LogP contribution in [0.5, 0.6) is 0 Å². The summed E-state index contributed by atoms with van der Waals surface area (Å²) in [5.41, 5.74) is 6.08. The summed E-state index contributed by atoms with van der Waals surface area (Å²) < 4.78 is 0. The predicted octanol–water partition coefficient (Wildman–Crippen LogP) is 2.54. The quantitative estimate of drug-likeness (QED) is 0.779. The molecule has 1 amide bonds. The van der Waals surface area contributed by atoms with Gasteiger partial charge >= 0.3 is 0 Å². The van der Waals surface area contributed by atoms with Crippen LogP contribution < -0.4 is 5.73 Å². The highest BCUT2D eigenvalue weighted by Gasteiger charge is 2.36. The first-order valence-electron chi connectivity index (χ1n) is 7.56. The minimum atomic E-state index is 0.173. The minimum Gasteiger partial charge on any atom is -0.337 e. The lowest BCUT2D eigenvalue weighted by Crippen LogP contribution is -2.51. The van der Waals surface area contributed by atoms with Crippen LogP contribution in [0, 0.1) is 11.8 Å². The van der Waals surface area contributed by atoms with E-state index in [1.54, 1.807) is 0 Å². The van der Waals surface area contributed by atoms with Gasteiger partial charge in [-0.25, -0.2) is 0 Å². The third-order valence-electron chi connectivity index (χ3n) is 4.78. The standard InChI is InChI=1S/C15H28N2O/c1-10-7-13(9-14(16)8-10)15(18)17-11(2)5-4-6-12(17)3/h10-14H,4-9,16H2,1-3H3. The molecule has 1 aliphatic heterocycles. The van der Waals surface area contributed by atoms with E-state index >= 15 is 0 Å². The monoisotopic (exact) mass is 252 g/mol. The molecule has 1 heterocycles. The summed E-state index contributed by atoms with van der Waals surface area (Å²) in [4.78, 5) is 14.9. The Hall–Kier alpha value is -0.570. The summed E-state index contributed by atoms with van der Waals surface area (Å²) in [7, 11) is 0. The Kier molecular flexibility index (Phi) is 4.31. The molecule has 1 aliphatic carbocycles. The van der Waals surface area contributed by atoms with E-state index < -0.39 is 0 Å². The number of carbonyl (C=O) groups is 1. The van der Waals surface area contributed by atoms with Gasteiger partial charge in [0.2, 0.25) is 5.91 Å². The number of rotatable bonds is 1. The van der Waals surface area contributed by atoms with Crippen molar-refractivity contribution < 1.29 is 4.79 Å². The zero-order valence-electron chi connectivity index (χ0n) is 12.1. The van der Waals surface area contributed by atoms with Crippen molar-refractivity contribution in [2.24, 2.45) is 17.6 Å². The first-order chi connectivity index (χ1) is 8.49. The molecule has 5 unspecified atom stereocenters. The molecule has 3 heteroatoms. The van der Waals surface area contributed by atoms with Gasteiger partial charge in [-0.05, 0) is 58.3 Å². The number of carbonyl (C=O) groups excluding carboxylic acids is 1. The number of hydrogen-bond donors (Lipinski definition) is 1. The minimum absolute atomic E-state index is 0.173. The summed E-state index contributed by atoms with van der Waals surface area (Å²) in [6.07, 6.45) is 6.57. The second kappa shape index (κ2) is 5.60. The SMILES string of the molecule is CC1CC(N)CC(C(=O)N2C(C)CCCC2C)C1. The number of nitrogens with zero attached hydrogens (tertiary/aromatic N) is 1. The van der Waals surface area contributed by atoms with E-state index in [9.17, 15) is 4.79 Å². The molecule has 2 fully saturated rings. The number of nitrogens with two attached hydrogens (primary N) is 1. The zero-order valence-corrected chi connectivity index (χ0v) is 12.1. The first-order valence-corrected chi connectivity index (χ1v) is 7.56. The Balaban J connectivity index is 2.05. The molecule has 1 saturated heterocycles. The number of piperidine rings is 1. The van der Waals surface area contributed by atoms with Crippen LogP contribution in [0.15, 0.2) is 0 Å². The van der Waals surface area contributed by atoms with Gasteiger partial charge in [0.15, 0.2) is 0 Å². The maximum Gasteiger partial charge on any atom is 0.226 e. The Morgan fingerprint density at radius 3 is 2.22 bits per heavy atom. The fourth-order valence-electron chi connectivity index (χ4n) is 3.92. The molecule has 0 spiro atoms. The fourth-order valence-corrected chi connectivity index (χ4v) is 3.92. The molecule has 104 valence electrons. The maximum atomic E-state index is 12.7. The molecule has 1 saturated carbocycles. The molecular weight excluding hydrogens is 224 g/mol. The lowest BCUT2D eigenvalue weighted by Gasteiger charge is -2.42. The molecule has 5 atom stereocenters. The zero-order chi connectivity index (χ0) is 13.3. The van der Waals surface area contributed by atoms with Gasteiger partial charge in [-0.3, -0.25) is 4.79 Å². The molecule has 2 aliphatic rings. The van der Waals surface area contributed by atoms with Crippen LogP contribution in [0.3, 0.4) is 0 Å². The summed E-state index contributed by atoms with van der Waals surface area (Å²) in [6, 6.07) is 1.04. The molecule has 2 N–H and O–H groups in total. The molecular formula is C15H28N2O. The van der Waals surface area contributed by atoms with Crippen molar-refractivity contribution in [3.05, 3.63) is 0 Å². The van der Waals surface area contributed by atoms with Gasteiger partial charge in [0.1, 0.15) is 0 Å². The number of amides is 1. The molecule has 2 rings (SSSR count). The van der Waals surface area contributed by atoms with E-state index in [2.05, 4.69) is 25.7 Å². The van der Waals surface area contributed by atoms with Crippen molar-refractivity contribution in [3.63, 3.8) is 0 Å². The van der Waals surface area contributed by atoms with Gasteiger partial charge in [-0.1, -0.05) is 6.92 Å². The van der Waals surface area contributed by atoms with Crippen LogP contribution in [0.4, 0.5) is 0 Å². The van der Waals surface area contributed by atoms with Crippen molar-refractivity contribution in [2.75, 3.05) is 0 Å². The smallest absolute Gasteiger partial charge is 0.226 e. The van der Waals surface area contributed by atoms with Crippen molar-refractivity contribution in [1.29, 1.82) is 0 Å². The third kappa shape index (κ3) is 2.87. The highest BCUT2D eigenvalue weighted by molar-refractivity contribution is 5.79. The van der Waals surface area contributed by atoms with Gasteiger partial charge < -0.3 is 10.6 Å². The van der Waals surface area contributed by atoms with E-state index in [0.29, 0.717) is 23.9 Å². The number of likely N-dealkylation sites (tertiary alicyclic amines) is 1. The largest absolute Gasteiger partial charge is 0.337 e. The van der Waals surface area contributed by atoms with Gasteiger partial charge in [-0.2, -0.15) is 0 Å². The van der Waals surface area contributed by atoms with Crippen molar-refractivity contribution in [1.82, 2.24) is 4.90 Å². The van der Waals surface area contributed by atoms with Gasteiger partial charge in [-0.15, -0.1) is 0 Å². The first kappa shape index (κ1) is 13.9. The van der Waals surface area contributed by atoms with Gasteiger partial charge in [0.05, 0.1) is 0 Å². The summed E-state index contributed by atoms with van der Waals surface area (Å²) in [5.74, 6) is 1.14. The van der Waals surface area contributed by atoms with Crippen LogP contribution in [0.25, 0.3) is 0 Å². The Morgan fingerprint density at radius 1 is 1.06 bits per heavy atom. The molecule has 18 heavy (non-hydrogen) atoms. The molecule has 3 nitrogen and oxygen atoms in total. The normalized spacial score (nSPS) is 41.8. The second-order valence-electron chi connectivity index (χ2n) is 6.64. The molecule has 0 aromatic carbocycles. The average Bonchev–Trinajstić information content (AvgIpc) is 2.27. The highest BCUT2D eigenvalue weighted by Crippen LogP contribution is 2.32. The maximum absolute atomic E-state index is 12.7. The summed E-state index contributed by atoms with van der Waals surface area (Å²) in [5, 5.41) is 0. The van der Waals surface area contributed by atoms with E-state index in [1.807, 2.05) is 0 Å². The molecule has 0 aromatic heterocycles. The average molecular weight is 252 g/mol. The van der Waals surface area contributed by atoms with Crippen LogP contribution in [0.1, 0.15) is 59.3 Å². The van der Waals surface area contributed by atoms with E-state index in [-0.39, 0.29) is 12.0 Å². The summed E-state index contributed by atoms with van der Waals surface area (Å²) >= 11 is 0. The molecule has 0 radical (unpaired) electrons. The third-order valence-corrected chi connectivity index (χ3v) is 4.78. The lowest BCUT2D eigenvalue weighted by molar-refractivity contribution is -0.143. The van der Waals surface area contributed by atoms with Crippen LogP contribution in [-0.4, -0.2) is 28.9 Å². The second-order valence-corrected chi connectivity index (χ2v) is 6.64. The van der Waals surface area contributed by atoms with Crippen molar-refractivity contribution >= 4 is 5.91 Å². The Bertz CT molecular complexity index is 285. The van der Waals surface area contributed by atoms with Crippen LogP contribution in [0.2, 0.25) is 0 Å². The predicted molar refractivity (Wildman–Crippen MR) is 74.1 cm³/mol. The summed E-state index contributed by atoms with van der Waals surface area (Å²) in [6.45, 7) is 6.61. The number of hydrogen-bond acceptors (Lipinski definition) is 2. The fraction of sp³-hybridized carbons (Fsp3) is 0.933. The van der Waals surface area contributed by atoms with Gasteiger partial charge in [0, 0.05) is 24.0 Å². The van der Waals surface area contributed by atoms with E-state index in [1.165, 1.54) is 6.42 Å². The van der Waals surface area contributed by atoms with Crippen molar-refractivity contribution in [3.8, 4) is 0 Å². The Labute approximate surface area is 111 Å². The van der Waals surface area contributed by atoms with Gasteiger partial charge in [0.25, 0.3) is 0 Å². The van der Waals surface area contributed by atoms with E-state index in [4.69, 9.17) is 5.73 Å². The highest BCUT2D eigenvalue weighted by atomic mass is 16.2. The van der Waals surface area contributed by atoms with Crippen molar-refractivity contribution in [2.45, 2.75) is 77.4 Å². The topological polar surface area (TPSA) is 46.3 Å². The van der Waals surface area contributed by atoms with Crippen LogP contribution in [-0.2, 0) is 4.79 Å². The molecule has 0 aromatic rings. The Morgan fingerprint density at radius 2 is 1.67 bits per heavy atom. The molecule has 0 bridgehead atoms.